The first-order valence-electron chi connectivity index (χ1n) is 9.61. The highest BCUT2D eigenvalue weighted by atomic mass is 16.7. The average Bonchev–Trinajstić information content (AvgIpc) is 2.96. The summed E-state index contributed by atoms with van der Waals surface area (Å²) in [6, 6.07) is 0. The van der Waals surface area contributed by atoms with Crippen LogP contribution in [0.25, 0.3) is 0 Å². The first kappa shape index (κ1) is 19.0. The lowest BCUT2D eigenvalue weighted by Crippen LogP contribution is -2.30. The van der Waals surface area contributed by atoms with Crippen LogP contribution in [0.15, 0.2) is 0 Å². The summed E-state index contributed by atoms with van der Waals surface area (Å²) < 4.78 is 11.9. The molecule has 0 aromatic rings. The number of hydrogen-bond acceptors (Lipinski definition) is 2. The molecule has 0 amide bonds. The zero-order chi connectivity index (χ0) is 15.2. The normalized spacial score (nSPS) is 17.4. The van der Waals surface area contributed by atoms with Gasteiger partial charge in [0.25, 0.3) is 0 Å². The molecule has 0 spiro atoms. The molecule has 0 saturated carbocycles. The molecule has 1 heterocycles. The fourth-order valence-corrected chi connectivity index (χ4v) is 3.26. The molecule has 0 radical (unpaired) electrons. The van der Waals surface area contributed by atoms with E-state index in [2.05, 4.69) is 13.8 Å². The van der Waals surface area contributed by atoms with E-state index in [1.807, 2.05) is 0 Å². The maximum atomic E-state index is 5.96. The topological polar surface area (TPSA) is 18.5 Å². The minimum Gasteiger partial charge on any atom is -0.348 e. The van der Waals surface area contributed by atoms with E-state index in [0.717, 1.165) is 26.1 Å². The van der Waals surface area contributed by atoms with Gasteiger partial charge in [-0.3, -0.25) is 0 Å². The highest BCUT2D eigenvalue weighted by Gasteiger charge is 2.34. The van der Waals surface area contributed by atoms with Crippen molar-refractivity contribution < 1.29 is 9.47 Å². The van der Waals surface area contributed by atoms with E-state index >= 15 is 0 Å². The summed E-state index contributed by atoms with van der Waals surface area (Å²) >= 11 is 0. The van der Waals surface area contributed by atoms with Crippen molar-refractivity contribution in [3.8, 4) is 0 Å². The first-order valence-corrected chi connectivity index (χ1v) is 9.61. The van der Waals surface area contributed by atoms with E-state index < -0.39 is 0 Å². The van der Waals surface area contributed by atoms with Crippen molar-refractivity contribution in [2.75, 3.05) is 13.2 Å². The van der Waals surface area contributed by atoms with Gasteiger partial charge in [0.15, 0.2) is 5.79 Å². The summed E-state index contributed by atoms with van der Waals surface area (Å²) in [5.41, 5.74) is 0. The molecule has 0 aromatic carbocycles. The molecule has 1 aliphatic heterocycles. The molecular weight excluding hydrogens is 260 g/mol. The van der Waals surface area contributed by atoms with Crippen LogP contribution in [0.2, 0.25) is 0 Å². The van der Waals surface area contributed by atoms with Crippen molar-refractivity contribution in [3.63, 3.8) is 0 Å². The molecule has 2 nitrogen and oxygen atoms in total. The molecule has 0 bridgehead atoms. The molecule has 0 unspecified atom stereocenters. The van der Waals surface area contributed by atoms with Crippen LogP contribution in [-0.2, 0) is 9.47 Å². The number of hydrogen-bond donors (Lipinski definition) is 0. The maximum absolute atomic E-state index is 5.96. The highest BCUT2D eigenvalue weighted by molar-refractivity contribution is 4.74. The monoisotopic (exact) mass is 298 g/mol. The van der Waals surface area contributed by atoms with Gasteiger partial charge in [-0.05, 0) is 12.8 Å². The molecule has 1 saturated heterocycles. The molecule has 1 aliphatic rings. The van der Waals surface area contributed by atoms with Gasteiger partial charge in [0.05, 0.1) is 13.2 Å². The summed E-state index contributed by atoms with van der Waals surface area (Å²) in [4.78, 5) is 0. The summed E-state index contributed by atoms with van der Waals surface area (Å²) in [5.74, 6) is -0.212. The zero-order valence-electron chi connectivity index (χ0n) is 14.6. The summed E-state index contributed by atoms with van der Waals surface area (Å²) in [7, 11) is 0. The average molecular weight is 299 g/mol. The van der Waals surface area contributed by atoms with Crippen molar-refractivity contribution in [2.45, 2.75) is 110 Å². The van der Waals surface area contributed by atoms with Gasteiger partial charge in [-0.1, -0.05) is 78.1 Å². The zero-order valence-corrected chi connectivity index (χ0v) is 14.6. The Morgan fingerprint density at radius 2 is 0.952 bits per heavy atom. The molecule has 0 aromatic heterocycles. The van der Waals surface area contributed by atoms with Gasteiger partial charge in [-0.25, -0.2) is 0 Å². The summed E-state index contributed by atoms with van der Waals surface area (Å²) in [6.45, 7) is 6.13. The first-order chi connectivity index (χ1) is 10.3. The van der Waals surface area contributed by atoms with Crippen molar-refractivity contribution >= 4 is 0 Å². The molecule has 2 heteroatoms. The van der Waals surface area contributed by atoms with Crippen LogP contribution >= 0.6 is 0 Å². The van der Waals surface area contributed by atoms with E-state index in [9.17, 15) is 0 Å². The van der Waals surface area contributed by atoms with Gasteiger partial charge in [-0.15, -0.1) is 0 Å². The predicted octanol–water partition coefficient (Wildman–Crippen LogP) is 6.23. The van der Waals surface area contributed by atoms with Crippen molar-refractivity contribution in [1.29, 1.82) is 0 Å². The van der Waals surface area contributed by atoms with Crippen LogP contribution in [0.5, 0.6) is 0 Å². The lowest BCUT2D eigenvalue weighted by molar-refractivity contribution is -0.168. The number of rotatable bonds is 14. The maximum Gasteiger partial charge on any atom is 0.168 e. The second-order valence-corrected chi connectivity index (χ2v) is 6.64. The van der Waals surface area contributed by atoms with Gasteiger partial charge in [0, 0.05) is 12.8 Å². The van der Waals surface area contributed by atoms with Crippen molar-refractivity contribution in [1.82, 2.24) is 0 Å². The third-order valence-electron chi connectivity index (χ3n) is 4.64. The second kappa shape index (κ2) is 12.5. The lowest BCUT2D eigenvalue weighted by atomic mass is 9.99. The summed E-state index contributed by atoms with van der Waals surface area (Å²) in [6.07, 6.45) is 18.4. The van der Waals surface area contributed by atoms with Crippen LogP contribution in [0.4, 0.5) is 0 Å². The van der Waals surface area contributed by atoms with Crippen molar-refractivity contribution in [2.24, 2.45) is 0 Å². The van der Waals surface area contributed by atoms with Gasteiger partial charge in [0.2, 0.25) is 0 Å². The Morgan fingerprint density at radius 1 is 0.571 bits per heavy atom. The van der Waals surface area contributed by atoms with Crippen molar-refractivity contribution in [3.05, 3.63) is 0 Å². The van der Waals surface area contributed by atoms with Crippen LogP contribution in [0, 0.1) is 0 Å². The summed E-state index contributed by atoms with van der Waals surface area (Å²) in [5, 5.41) is 0. The van der Waals surface area contributed by atoms with E-state index in [1.54, 1.807) is 0 Å². The highest BCUT2D eigenvalue weighted by Crippen LogP contribution is 2.31. The van der Waals surface area contributed by atoms with Gasteiger partial charge in [0.1, 0.15) is 0 Å². The molecule has 0 atom stereocenters. The fourth-order valence-electron chi connectivity index (χ4n) is 3.26. The minimum atomic E-state index is -0.212. The van der Waals surface area contributed by atoms with Crippen LogP contribution in [0.1, 0.15) is 104 Å². The standard InChI is InChI=1S/C19H38O2/c1-3-5-7-9-10-11-12-14-16-19(20-17-18-21-19)15-13-8-6-4-2/h3-18H2,1-2H3. The Bertz CT molecular complexity index is 222. The smallest absolute Gasteiger partial charge is 0.168 e. The SMILES string of the molecule is CCCCCCCCCCC1(CCCCCC)OCCO1. The number of ether oxygens (including phenoxy) is 2. The quantitative estimate of drug-likeness (QED) is 0.354. The van der Waals surface area contributed by atoms with Gasteiger partial charge >= 0.3 is 0 Å². The van der Waals surface area contributed by atoms with Crippen LogP contribution < -0.4 is 0 Å². The van der Waals surface area contributed by atoms with E-state index in [0.29, 0.717) is 0 Å². The Hall–Kier alpha value is -0.0800. The van der Waals surface area contributed by atoms with Gasteiger partial charge in [-0.2, -0.15) is 0 Å². The molecule has 0 N–H and O–H groups in total. The molecule has 1 fully saturated rings. The van der Waals surface area contributed by atoms with Gasteiger partial charge < -0.3 is 9.47 Å². The largest absolute Gasteiger partial charge is 0.348 e. The molecule has 126 valence electrons. The molecule has 0 aliphatic carbocycles. The predicted molar refractivity (Wildman–Crippen MR) is 90.6 cm³/mol. The Balaban J connectivity index is 2.05. The minimum absolute atomic E-state index is 0.212. The molecule has 1 rings (SSSR count). The molecule has 21 heavy (non-hydrogen) atoms. The second-order valence-electron chi connectivity index (χ2n) is 6.64. The Morgan fingerprint density at radius 3 is 1.43 bits per heavy atom. The lowest BCUT2D eigenvalue weighted by Gasteiger charge is -2.27. The molecular formula is C19H38O2. The van der Waals surface area contributed by atoms with E-state index in [-0.39, 0.29) is 5.79 Å². The third-order valence-corrected chi connectivity index (χ3v) is 4.64. The fraction of sp³-hybridized carbons (Fsp3) is 1.00. The van der Waals surface area contributed by atoms with Crippen LogP contribution in [0.3, 0.4) is 0 Å². The Labute approximate surface area is 133 Å². The number of unbranched alkanes of at least 4 members (excludes halogenated alkanes) is 10. The van der Waals surface area contributed by atoms with E-state index in [1.165, 1.54) is 77.0 Å². The third kappa shape index (κ3) is 8.83. The Kier molecular flexibility index (Phi) is 11.3. The van der Waals surface area contributed by atoms with E-state index in [4.69, 9.17) is 9.47 Å². The van der Waals surface area contributed by atoms with Crippen LogP contribution in [-0.4, -0.2) is 19.0 Å².